The maximum absolute atomic E-state index is 12.0. The number of hydrogen-bond acceptors (Lipinski definition) is 2. The molecule has 0 fully saturated rings. The van der Waals surface area contributed by atoms with Crippen LogP contribution in [0.25, 0.3) is 0 Å². The Morgan fingerprint density at radius 3 is 2.81 bits per heavy atom. The van der Waals surface area contributed by atoms with E-state index in [1.54, 1.807) is 12.3 Å². The minimum Gasteiger partial charge on any atom is -0.483 e. The fraction of sp³-hybridized carbons (Fsp3) is 0.300. The number of aliphatic imine (C=N–C) groups is 1. The topological polar surface area (TPSA) is 21.6 Å². The second kappa shape index (κ2) is 3.97. The summed E-state index contributed by atoms with van der Waals surface area (Å²) in [5.41, 5.74) is 1.64. The van der Waals surface area contributed by atoms with Gasteiger partial charge in [-0.25, -0.2) is 0 Å². The quantitative estimate of drug-likeness (QED) is 0.789. The largest absolute Gasteiger partial charge is 0.483 e. The molecule has 0 aromatic heterocycles. The molecule has 16 heavy (non-hydrogen) atoms. The van der Waals surface area contributed by atoms with Gasteiger partial charge in [-0.1, -0.05) is 11.6 Å². The lowest BCUT2D eigenvalue weighted by atomic mass is 10.1. The zero-order valence-electron chi connectivity index (χ0n) is 8.01. The molecular weight excluding hydrogens is 243 g/mol. The first kappa shape index (κ1) is 11.3. The van der Waals surface area contributed by atoms with Gasteiger partial charge in [-0.15, -0.1) is 0 Å². The first-order chi connectivity index (χ1) is 7.46. The molecule has 0 spiro atoms. The molecule has 6 heteroatoms. The Labute approximate surface area is 94.7 Å². The van der Waals surface area contributed by atoms with Gasteiger partial charge in [0.05, 0.1) is 11.6 Å². The van der Waals surface area contributed by atoms with Crippen LogP contribution in [0, 0.1) is 0 Å². The maximum Gasteiger partial charge on any atom is 0.422 e. The normalized spacial score (nSPS) is 14.0. The third kappa shape index (κ3) is 2.47. The molecule has 1 aliphatic rings. The van der Waals surface area contributed by atoms with E-state index in [1.165, 1.54) is 6.07 Å². The van der Waals surface area contributed by atoms with E-state index < -0.39 is 12.8 Å². The van der Waals surface area contributed by atoms with Crippen molar-refractivity contribution >= 4 is 17.8 Å². The monoisotopic (exact) mass is 249 g/mol. The van der Waals surface area contributed by atoms with Crippen molar-refractivity contribution in [1.29, 1.82) is 0 Å². The first-order valence-electron chi connectivity index (χ1n) is 4.47. The van der Waals surface area contributed by atoms with Gasteiger partial charge in [-0.05, 0) is 17.7 Å². The van der Waals surface area contributed by atoms with E-state index in [1.807, 2.05) is 0 Å². The molecule has 0 saturated heterocycles. The smallest absolute Gasteiger partial charge is 0.422 e. The summed E-state index contributed by atoms with van der Waals surface area (Å²) in [5, 5.41) is 0.175. The van der Waals surface area contributed by atoms with Gasteiger partial charge in [0.1, 0.15) is 5.75 Å². The zero-order valence-corrected chi connectivity index (χ0v) is 8.77. The Bertz CT molecular complexity index is 442. The average molecular weight is 250 g/mol. The lowest BCUT2D eigenvalue weighted by Crippen LogP contribution is -2.19. The van der Waals surface area contributed by atoms with Crippen molar-refractivity contribution in [3.05, 3.63) is 28.3 Å². The van der Waals surface area contributed by atoms with Crippen molar-refractivity contribution in [3.63, 3.8) is 0 Å². The summed E-state index contributed by atoms with van der Waals surface area (Å²) < 4.78 is 40.5. The SMILES string of the molecule is FC(F)(F)COc1cc2c(cc1Cl)CN=C2. The van der Waals surface area contributed by atoms with Crippen LogP contribution in [0.3, 0.4) is 0 Å². The van der Waals surface area contributed by atoms with E-state index >= 15 is 0 Å². The lowest BCUT2D eigenvalue weighted by Gasteiger charge is -2.11. The summed E-state index contributed by atoms with van der Waals surface area (Å²) in [5.74, 6) is 0.0334. The summed E-state index contributed by atoms with van der Waals surface area (Å²) in [6.07, 6.45) is -2.78. The number of ether oxygens (including phenoxy) is 1. The summed E-state index contributed by atoms with van der Waals surface area (Å²) in [6.45, 7) is -0.836. The van der Waals surface area contributed by atoms with Crippen molar-refractivity contribution < 1.29 is 17.9 Å². The zero-order chi connectivity index (χ0) is 11.8. The minimum atomic E-state index is -4.36. The molecule has 0 N–H and O–H groups in total. The predicted octanol–water partition coefficient (Wildman–Crippen LogP) is 3.21. The van der Waals surface area contributed by atoms with Crippen molar-refractivity contribution in [3.8, 4) is 5.75 Å². The number of rotatable bonds is 2. The van der Waals surface area contributed by atoms with E-state index in [-0.39, 0.29) is 10.8 Å². The number of benzene rings is 1. The molecule has 1 aliphatic heterocycles. The minimum absolute atomic E-state index is 0.0334. The van der Waals surface area contributed by atoms with Gasteiger partial charge >= 0.3 is 6.18 Å². The fourth-order valence-corrected chi connectivity index (χ4v) is 1.62. The number of nitrogens with zero attached hydrogens (tertiary/aromatic N) is 1. The number of fused-ring (bicyclic) bond motifs is 1. The molecule has 0 amide bonds. The average Bonchev–Trinajstić information content (AvgIpc) is 2.59. The highest BCUT2D eigenvalue weighted by atomic mass is 35.5. The van der Waals surface area contributed by atoms with Crippen LogP contribution in [0.4, 0.5) is 13.2 Å². The summed E-state index contributed by atoms with van der Waals surface area (Å²) in [4.78, 5) is 3.98. The third-order valence-electron chi connectivity index (χ3n) is 2.08. The summed E-state index contributed by atoms with van der Waals surface area (Å²) in [6, 6.07) is 3.05. The van der Waals surface area contributed by atoms with Crippen molar-refractivity contribution in [2.24, 2.45) is 4.99 Å². The van der Waals surface area contributed by atoms with E-state index in [0.29, 0.717) is 6.54 Å². The molecule has 86 valence electrons. The van der Waals surface area contributed by atoms with Crippen LogP contribution < -0.4 is 4.74 Å². The van der Waals surface area contributed by atoms with Crippen molar-refractivity contribution in [1.82, 2.24) is 0 Å². The molecule has 1 heterocycles. The van der Waals surface area contributed by atoms with E-state index in [0.717, 1.165) is 11.1 Å². The molecule has 0 atom stereocenters. The fourth-order valence-electron chi connectivity index (χ4n) is 1.38. The Morgan fingerprint density at radius 2 is 2.12 bits per heavy atom. The van der Waals surface area contributed by atoms with Crippen LogP contribution in [0.1, 0.15) is 11.1 Å². The van der Waals surface area contributed by atoms with Crippen molar-refractivity contribution in [2.45, 2.75) is 12.7 Å². The Kier molecular flexibility index (Phi) is 2.80. The van der Waals surface area contributed by atoms with Gasteiger partial charge in [0.2, 0.25) is 0 Å². The van der Waals surface area contributed by atoms with Gasteiger partial charge < -0.3 is 4.74 Å². The molecule has 0 unspecified atom stereocenters. The van der Waals surface area contributed by atoms with E-state index in [2.05, 4.69) is 9.73 Å². The van der Waals surface area contributed by atoms with Crippen LogP contribution >= 0.6 is 11.6 Å². The van der Waals surface area contributed by atoms with Crippen molar-refractivity contribution in [2.75, 3.05) is 6.61 Å². The molecule has 2 nitrogen and oxygen atoms in total. The van der Waals surface area contributed by atoms with E-state index in [4.69, 9.17) is 11.6 Å². The molecule has 0 saturated carbocycles. The van der Waals surface area contributed by atoms with Gasteiger partial charge in [-0.3, -0.25) is 4.99 Å². The molecule has 1 aromatic carbocycles. The molecule has 0 aliphatic carbocycles. The van der Waals surface area contributed by atoms with Crippen LogP contribution in [0.2, 0.25) is 5.02 Å². The molecule has 0 bridgehead atoms. The molecule has 0 radical (unpaired) electrons. The number of hydrogen-bond donors (Lipinski definition) is 0. The highest BCUT2D eigenvalue weighted by Crippen LogP contribution is 2.31. The summed E-state index contributed by atoms with van der Waals surface area (Å²) >= 11 is 5.79. The predicted molar refractivity (Wildman–Crippen MR) is 54.3 cm³/mol. The number of alkyl halides is 3. The van der Waals surface area contributed by atoms with Gasteiger partial charge in [0, 0.05) is 11.8 Å². The second-order valence-electron chi connectivity index (χ2n) is 3.36. The maximum atomic E-state index is 12.0. The number of halogens is 4. The standard InChI is InChI=1S/C10H7ClF3NO/c11-8-1-6-3-15-4-7(6)2-9(8)16-5-10(12,13)14/h1-2,4H,3,5H2. The van der Waals surface area contributed by atoms with E-state index in [9.17, 15) is 13.2 Å². The lowest BCUT2D eigenvalue weighted by molar-refractivity contribution is -0.153. The Hall–Kier alpha value is -1.23. The third-order valence-corrected chi connectivity index (χ3v) is 2.37. The molecular formula is C10H7ClF3NO. The van der Waals surface area contributed by atoms with Crippen LogP contribution in [-0.2, 0) is 6.54 Å². The van der Waals surface area contributed by atoms with Crippen LogP contribution in [0.15, 0.2) is 17.1 Å². The Balaban J connectivity index is 2.18. The highest BCUT2D eigenvalue weighted by molar-refractivity contribution is 6.32. The van der Waals surface area contributed by atoms with Gasteiger partial charge in [0.15, 0.2) is 6.61 Å². The second-order valence-corrected chi connectivity index (χ2v) is 3.76. The van der Waals surface area contributed by atoms with Gasteiger partial charge in [0.25, 0.3) is 0 Å². The molecule has 2 rings (SSSR count). The van der Waals surface area contributed by atoms with Gasteiger partial charge in [-0.2, -0.15) is 13.2 Å². The van der Waals surface area contributed by atoms with Crippen LogP contribution in [0.5, 0.6) is 5.75 Å². The first-order valence-corrected chi connectivity index (χ1v) is 4.85. The summed E-state index contributed by atoms with van der Waals surface area (Å²) in [7, 11) is 0. The molecule has 1 aromatic rings. The Morgan fingerprint density at radius 1 is 1.38 bits per heavy atom. The van der Waals surface area contributed by atoms with Crippen LogP contribution in [-0.4, -0.2) is 19.0 Å². The highest BCUT2D eigenvalue weighted by Gasteiger charge is 2.29.